The number of benzene rings is 2. The zero-order valence-corrected chi connectivity index (χ0v) is 22.7. The van der Waals surface area contributed by atoms with Crippen LogP contribution in [0.1, 0.15) is 45.6 Å². The van der Waals surface area contributed by atoms with E-state index in [2.05, 4.69) is 26.9 Å². The zero-order valence-electron chi connectivity index (χ0n) is 21.9. The van der Waals surface area contributed by atoms with Crippen LogP contribution >= 0.6 is 11.8 Å². The normalized spacial score (nSPS) is 16.6. The van der Waals surface area contributed by atoms with Gasteiger partial charge in [-0.1, -0.05) is 12.1 Å². The van der Waals surface area contributed by atoms with Crippen LogP contribution in [0.5, 0.6) is 5.75 Å². The lowest BCUT2D eigenvalue weighted by atomic mass is 9.92. The van der Waals surface area contributed by atoms with Crippen molar-refractivity contribution >= 4 is 40.1 Å². The fourth-order valence-corrected chi connectivity index (χ4v) is 6.08. The van der Waals surface area contributed by atoms with Crippen molar-refractivity contribution < 1.29 is 14.3 Å². The van der Waals surface area contributed by atoms with Crippen LogP contribution in [-0.2, 0) is 4.74 Å². The first-order chi connectivity index (χ1) is 18.0. The molecule has 5 rings (SSSR count). The van der Waals surface area contributed by atoms with Crippen LogP contribution in [0.4, 0.5) is 16.2 Å². The van der Waals surface area contributed by atoms with Crippen molar-refractivity contribution in [2.75, 3.05) is 48.8 Å². The number of carbonyl (C=O) groups excluding carboxylic acids is 1. The van der Waals surface area contributed by atoms with E-state index in [0.29, 0.717) is 11.7 Å². The lowest BCUT2D eigenvalue weighted by molar-refractivity contribution is 0.130. The third kappa shape index (κ3) is 6.02. The molecule has 1 saturated heterocycles. The van der Waals surface area contributed by atoms with Crippen LogP contribution in [0.3, 0.4) is 0 Å². The summed E-state index contributed by atoms with van der Waals surface area (Å²) < 4.78 is 13.8. The van der Waals surface area contributed by atoms with Gasteiger partial charge in [-0.15, -0.1) is 0 Å². The summed E-state index contributed by atoms with van der Waals surface area (Å²) in [7, 11) is 0. The summed E-state index contributed by atoms with van der Waals surface area (Å²) in [4.78, 5) is 14.5. The van der Waals surface area contributed by atoms with E-state index in [9.17, 15) is 4.79 Å². The molecular weight excluding hydrogens is 484 g/mol. The highest BCUT2D eigenvalue weighted by Gasteiger charge is 2.27. The predicted molar refractivity (Wildman–Crippen MR) is 154 cm³/mol. The van der Waals surface area contributed by atoms with E-state index in [4.69, 9.17) is 15.2 Å². The predicted octanol–water partition coefficient (Wildman–Crippen LogP) is 6.39. The van der Waals surface area contributed by atoms with Crippen LogP contribution in [0.25, 0.3) is 22.2 Å². The Labute approximate surface area is 223 Å². The van der Waals surface area contributed by atoms with Gasteiger partial charge < -0.3 is 24.7 Å². The first-order valence-electron chi connectivity index (χ1n) is 13.4. The Hall–Kier alpha value is -2.84. The van der Waals surface area contributed by atoms with Crippen molar-refractivity contribution in [3.63, 3.8) is 0 Å². The highest BCUT2D eigenvalue weighted by atomic mass is 32.2. The number of carbonyl (C=O) groups is 1. The molecule has 8 heteroatoms. The van der Waals surface area contributed by atoms with Crippen LogP contribution in [-0.4, -0.2) is 59.4 Å². The molecule has 0 atom stereocenters. The number of aromatic nitrogens is 1. The number of nitrogens with two attached hydrogens (primary N) is 1. The van der Waals surface area contributed by atoms with Crippen molar-refractivity contribution in [3.05, 3.63) is 42.5 Å². The summed E-state index contributed by atoms with van der Waals surface area (Å²) in [5.41, 5.74) is 11.4. The number of rotatable bonds is 9. The summed E-state index contributed by atoms with van der Waals surface area (Å²) in [6.45, 7) is 7.85. The van der Waals surface area contributed by atoms with Gasteiger partial charge >= 0.3 is 6.09 Å². The topological polar surface area (TPSA) is 81.8 Å². The third-order valence-corrected chi connectivity index (χ3v) is 8.14. The van der Waals surface area contributed by atoms with Gasteiger partial charge in [0.2, 0.25) is 0 Å². The minimum atomic E-state index is -0.451. The second-order valence-electron chi connectivity index (χ2n) is 10.2. The standard InChI is InChI=1S/C29H38N4O3S/c1-20(2)36-29(34)31-22-9-7-21(8-10-22)28-27(30)25-12-11-24(19-26(25)33(28)23-5-3-6-23)35-16-4-13-32-14-17-37-18-15-32/h7-12,19-20,23H,3-6,13-18,30H2,1-2H3,(H,31,34). The van der Waals surface area contributed by atoms with Crippen molar-refractivity contribution in [1.82, 2.24) is 9.47 Å². The summed E-state index contributed by atoms with van der Waals surface area (Å²) in [6.07, 6.45) is 3.94. The average Bonchev–Trinajstić information content (AvgIpc) is 3.13. The number of anilines is 2. The lowest BCUT2D eigenvalue weighted by Gasteiger charge is -2.30. The summed E-state index contributed by atoms with van der Waals surface area (Å²) in [5, 5.41) is 3.84. The Balaban J connectivity index is 1.35. The van der Waals surface area contributed by atoms with Crippen LogP contribution in [0.2, 0.25) is 0 Å². The molecule has 0 radical (unpaired) electrons. The first-order valence-corrected chi connectivity index (χ1v) is 14.6. The molecule has 1 aromatic heterocycles. The van der Waals surface area contributed by atoms with E-state index in [1.807, 2.05) is 55.9 Å². The summed E-state index contributed by atoms with van der Waals surface area (Å²) in [5.74, 6) is 3.38. The first kappa shape index (κ1) is 25.8. The van der Waals surface area contributed by atoms with Gasteiger partial charge in [-0.05, 0) is 63.8 Å². The molecule has 2 aromatic carbocycles. The lowest BCUT2D eigenvalue weighted by Crippen LogP contribution is -2.33. The van der Waals surface area contributed by atoms with Gasteiger partial charge in [0.15, 0.2) is 0 Å². The number of hydrogen-bond acceptors (Lipinski definition) is 6. The number of nitrogens with zero attached hydrogens (tertiary/aromatic N) is 2. The number of hydrogen-bond donors (Lipinski definition) is 2. The van der Waals surface area contributed by atoms with Gasteiger partial charge in [-0.3, -0.25) is 5.32 Å². The van der Waals surface area contributed by atoms with Gasteiger partial charge in [0.05, 0.1) is 29.6 Å². The SMILES string of the molecule is CC(C)OC(=O)Nc1ccc(-c2c(N)c3ccc(OCCCN4CCSCC4)cc3n2C2CCC2)cc1. The number of amides is 1. The second kappa shape index (κ2) is 11.7. The maximum absolute atomic E-state index is 12.0. The van der Waals surface area contributed by atoms with E-state index < -0.39 is 6.09 Å². The van der Waals surface area contributed by atoms with Crippen LogP contribution in [0, 0.1) is 0 Å². The van der Waals surface area contributed by atoms with Crippen molar-refractivity contribution in [3.8, 4) is 17.0 Å². The molecule has 0 bridgehead atoms. The number of thioether (sulfide) groups is 1. The Bertz CT molecular complexity index is 1210. The van der Waals surface area contributed by atoms with Crippen molar-refractivity contribution in [1.29, 1.82) is 0 Å². The smallest absolute Gasteiger partial charge is 0.411 e. The molecule has 7 nitrogen and oxygen atoms in total. The Morgan fingerprint density at radius 1 is 1.14 bits per heavy atom. The quantitative estimate of drug-likeness (QED) is 0.317. The fourth-order valence-electron chi connectivity index (χ4n) is 5.10. The molecule has 1 saturated carbocycles. The molecule has 3 aromatic rings. The highest BCUT2D eigenvalue weighted by molar-refractivity contribution is 7.99. The van der Waals surface area contributed by atoms with Crippen molar-refractivity contribution in [2.45, 2.75) is 51.7 Å². The van der Waals surface area contributed by atoms with E-state index in [1.54, 1.807) is 0 Å². The Morgan fingerprint density at radius 2 is 1.89 bits per heavy atom. The molecular formula is C29H38N4O3S. The largest absolute Gasteiger partial charge is 0.493 e. The summed E-state index contributed by atoms with van der Waals surface area (Å²) in [6, 6.07) is 14.5. The second-order valence-corrected chi connectivity index (χ2v) is 11.4. The molecule has 1 aliphatic heterocycles. The minimum absolute atomic E-state index is 0.167. The monoisotopic (exact) mass is 522 g/mol. The highest BCUT2D eigenvalue weighted by Crippen LogP contribution is 2.45. The Morgan fingerprint density at radius 3 is 2.57 bits per heavy atom. The maximum Gasteiger partial charge on any atom is 0.411 e. The molecule has 198 valence electrons. The third-order valence-electron chi connectivity index (χ3n) is 7.19. The molecule has 0 spiro atoms. The molecule has 2 fully saturated rings. The number of ether oxygens (including phenoxy) is 2. The minimum Gasteiger partial charge on any atom is -0.493 e. The van der Waals surface area contributed by atoms with E-state index in [1.165, 1.54) is 31.0 Å². The zero-order chi connectivity index (χ0) is 25.8. The number of nitrogen functional groups attached to an aromatic ring is 1. The van der Waals surface area contributed by atoms with Crippen LogP contribution in [0.15, 0.2) is 42.5 Å². The van der Waals surface area contributed by atoms with E-state index >= 15 is 0 Å². The summed E-state index contributed by atoms with van der Waals surface area (Å²) >= 11 is 2.04. The van der Waals surface area contributed by atoms with E-state index in [-0.39, 0.29) is 6.10 Å². The maximum atomic E-state index is 12.0. The fraction of sp³-hybridized carbons (Fsp3) is 0.483. The molecule has 2 aliphatic rings. The molecule has 3 N–H and O–H groups in total. The molecule has 37 heavy (non-hydrogen) atoms. The van der Waals surface area contributed by atoms with E-state index in [0.717, 1.165) is 66.0 Å². The Kier molecular flexibility index (Phi) is 8.15. The van der Waals surface area contributed by atoms with Gasteiger partial charge in [-0.25, -0.2) is 4.79 Å². The molecule has 1 aliphatic carbocycles. The van der Waals surface area contributed by atoms with Gasteiger partial charge in [0.25, 0.3) is 0 Å². The number of nitrogens with one attached hydrogen (secondary N) is 1. The van der Waals surface area contributed by atoms with Crippen LogP contribution < -0.4 is 15.8 Å². The van der Waals surface area contributed by atoms with Gasteiger partial charge in [-0.2, -0.15) is 11.8 Å². The molecule has 0 unspecified atom stereocenters. The van der Waals surface area contributed by atoms with Crippen molar-refractivity contribution in [2.24, 2.45) is 0 Å². The van der Waals surface area contributed by atoms with Gasteiger partial charge in [0, 0.05) is 59.9 Å². The average molecular weight is 523 g/mol. The number of fused-ring (bicyclic) bond motifs is 1. The molecule has 2 heterocycles. The molecule has 1 amide bonds. The van der Waals surface area contributed by atoms with Gasteiger partial charge in [0.1, 0.15) is 5.75 Å².